The second-order valence-electron chi connectivity index (χ2n) is 3.50. The molecular formula is C10H16N4OS. The maximum Gasteiger partial charge on any atom is 0.161 e. The van der Waals surface area contributed by atoms with E-state index in [2.05, 4.69) is 15.4 Å². The second kappa shape index (κ2) is 5.91. The second-order valence-corrected chi connectivity index (χ2v) is 4.58. The molecule has 16 heavy (non-hydrogen) atoms. The first kappa shape index (κ1) is 11.5. The van der Waals surface area contributed by atoms with Crippen LogP contribution < -0.4 is 5.32 Å². The van der Waals surface area contributed by atoms with E-state index in [4.69, 9.17) is 4.74 Å². The average molecular weight is 240 g/mol. The molecule has 1 aromatic rings. The van der Waals surface area contributed by atoms with Crippen molar-refractivity contribution in [2.45, 2.75) is 13.0 Å². The van der Waals surface area contributed by atoms with Crippen LogP contribution in [0.4, 0.5) is 5.69 Å². The van der Waals surface area contributed by atoms with Gasteiger partial charge in [0.1, 0.15) is 0 Å². The third kappa shape index (κ3) is 3.24. The number of anilines is 1. The Balaban J connectivity index is 1.89. The molecule has 0 aromatic carbocycles. The average Bonchev–Trinajstić information content (AvgIpc) is 2.75. The zero-order valence-corrected chi connectivity index (χ0v) is 10.2. The molecule has 5 nitrogen and oxygen atoms in total. The third-order valence-electron chi connectivity index (χ3n) is 2.21. The lowest BCUT2D eigenvalue weighted by Crippen LogP contribution is -2.13. The van der Waals surface area contributed by atoms with Crippen molar-refractivity contribution in [3.63, 3.8) is 0 Å². The van der Waals surface area contributed by atoms with Crippen molar-refractivity contribution in [3.8, 4) is 0 Å². The van der Waals surface area contributed by atoms with Crippen molar-refractivity contribution < 1.29 is 4.74 Å². The van der Waals surface area contributed by atoms with Crippen molar-refractivity contribution in [2.24, 2.45) is 4.99 Å². The van der Waals surface area contributed by atoms with Gasteiger partial charge in [0.15, 0.2) is 5.17 Å². The fraction of sp³-hybridized carbons (Fsp3) is 0.600. The number of amidine groups is 1. The van der Waals surface area contributed by atoms with Gasteiger partial charge < -0.3 is 10.1 Å². The minimum Gasteiger partial charge on any atom is -0.383 e. The Morgan fingerprint density at radius 3 is 3.31 bits per heavy atom. The molecule has 0 fully saturated rings. The number of aliphatic imine (C=N–C) groups is 1. The van der Waals surface area contributed by atoms with E-state index in [1.54, 1.807) is 18.9 Å². The summed E-state index contributed by atoms with van der Waals surface area (Å²) in [6, 6.07) is 0. The van der Waals surface area contributed by atoms with Gasteiger partial charge in [-0.3, -0.25) is 9.67 Å². The molecule has 0 saturated heterocycles. The zero-order chi connectivity index (χ0) is 11.2. The molecule has 1 aliphatic heterocycles. The SMILES string of the molecule is COCCn1cc(NC2=NCCCS2)cn1. The number of ether oxygens (including phenoxy) is 1. The van der Waals surface area contributed by atoms with Crippen LogP contribution in [0.15, 0.2) is 17.4 Å². The Hall–Kier alpha value is -1.01. The van der Waals surface area contributed by atoms with Crippen molar-refractivity contribution >= 4 is 22.6 Å². The van der Waals surface area contributed by atoms with E-state index in [1.807, 2.05) is 17.1 Å². The van der Waals surface area contributed by atoms with Crippen molar-refractivity contribution in [2.75, 3.05) is 31.3 Å². The number of hydrogen-bond donors (Lipinski definition) is 1. The van der Waals surface area contributed by atoms with Crippen LogP contribution in [-0.4, -0.2) is 41.0 Å². The van der Waals surface area contributed by atoms with Crippen LogP contribution in [0, 0.1) is 0 Å². The molecule has 0 amide bonds. The number of hydrogen-bond acceptors (Lipinski definition) is 5. The van der Waals surface area contributed by atoms with E-state index in [1.165, 1.54) is 6.42 Å². The molecule has 88 valence electrons. The zero-order valence-electron chi connectivity index (χ0n) is 9.35. The number of thioether (sulfide) groups is 1. The summed E-state index contributed by atoms with van der Waals surface area (Å²) in [6.45, 7) is 2.38. The normalized spacial score (nSPS) is 15.9. The lowest BCUT2D eigenvalue weighted by Gasteiger charge is -2.11. The minimum atomic E-state index is 0.677. The summed E-state index contributed by atoms with van der Waals surface area (Å²) in [6.07, 6.45) is 4.95. The summed E-state index contributed by atoms with van der Waals surface area (Å²) in [4.78, 5) is 4.40. The largest absolute Gasteiger partial charge is 0.383 e. The lowest BCUT2D eigenvalue weighted by molar-refractivity contribution is 0.183. The molecule has 1 N–H and O–H groups in total. The van der Waals surface area contributed by atoms with Gasteiger partial charge in [-0.05, 0) is 6.42 Å². The van der Waals surface area contributed by atoms with Gasteiger partial charge in [0.05, 0.1) is 25.0 Å². The van der Waals surface area contributed by atoms with Crippen LogP contribution in [-0.2, 0) is 11.3 Å². The molecule has 0 aliphatic carbocycles. The lowest BCUT2D eigenvalue weighted by atomic mass is 10.5. The molecule has 1 aliphatic rings. The quantitative estimate of drug-likeness (QED) is 0.865. The summed E-state index contributed by atoms with van der Waals surface area (Å²) in [7, 11) is 1.69. The summed E-state index contributed by atoms with van der Waals surface area (Å²) in [5, 5.41) is 8.49. The highest BCUT2D eigenvalue weighted by Crippen LogP contribution is 2.15. The van der Waals surface area contributed by atoms with Crippen molar-refractivity contribution in [3.05, 3.63) is 12.4 Å². The summed E-state index contributed by atoms with van der Waals surface area (Å²) in [5.41, 5.74) is 0.990. The number of methoxy groups -OCH3 is 1. The van der Waals surface area contributed by atoms with Gasteiger partial charge in [-0.25, -0.2) is 0 Å². The highest BCUT2D eigenvalue weighted by atomic mass is 32.2. The highest BCUT2D eigenvalue weighted by molar-refractivity contribution is 8.14. The van der Waals surface area contributed by atoms with Crippen LogP contribution >= 0.6 is 11.8 Å². The van der Waals surface area contributed by atoms with Crippen LogP contribution in [0.3, 0.4) is 0 Å². The van der Waals surface area contributed by atoms with Gasteiger partial charge in [-0.1, -0.05) is 11.8 Å². The predicted octanol–water partition coefficient (Wildman–Crippen LogP) is 1.43. The number of aromatic nitrogens is 2. The van der Waals surface area contributed by atoms with E-state index >= 15 is 0 Å². The molecular weight excluding hydrogens is 224 g/mol. The van der Waals surface area contributed by atoms with E-state index < -0.39 is 0 Å². The van der Waals surface area contributed by atoms with Crippen LogP contribution in [0.25, 0.3) is 0 Å². The molecule has 0 spiro atoms. The summed E-state index contributed by atoms with van der Waals surface area (Å²) >= 11 is 1.76. The van der Waals surface area contributed by atoms with E-state index in [9.17, 15) is 0 Å². The van der Waals surface area contributed by atoms with Gasteiger partial charge in [0.25, 0.3) is 0 Å². The number of nitrogens with one attached hydrogen (secondary N) is 1. The Morgan fingerprint density at radius 1 is 1.62 bits per heavy atom. The first-order valence-corrected chi connectivity index (χ1v) is 6.33. The third-order valence-corrected chi connectivity index (χ3v) is 3.20. The molecule has 2 heterocycles. The fourth-order valence-corrected chi connectivity index (χ4v) is 2.23. The van der Waals surface area contributed by atoms with Crippen LogP contribution in [0.2, 0.25) is 0 Å². The van der Waals surface area contributed by atoms with Crippen molar-refractivity contribution in [1.29, 1.82) is 0 Å². The fourth-order valence-electron chi connectivity index (χ4n) is 1.39. The Labute approximate surface area is 99.3 Å². The number of nitrogens with zero attached hydrogens (tertiary/aromatic N) is 3. The molecule has 0 radical (unpaired) electrons. The van der Waals surface area contributed by atoms with E-state index in [-0.39, 0.29) is 0 Å². The predicted molar refractivity (Wildman–Crippen MR) is 67.1 cm³/mol. The maximum atomic E-state index is 5.00. The highest BCUT2D eigenvalue weighted by Gasteiger charge is 2.06. The maximum absolute atomic E-state index is 5.00. The smallest absolute Gasteiger partial charge is 0.161 e. The minimum absolute atomic E-state index is 0.677. The van der Waals surface area contributed by atoms with Crippen LogP contribution in [0.5, 0.6) is 0 Å². The van der Waals surface area contributed by atoms with Gasteiger partial charge in [-0.15, -0.1) is 0 Å². The standard InChI is InChI=1S/C10H16N4OS/c1-15-5-4-14-8-9(7-12-14)13-10-11-3-2-6-16-10/h7-8H,2-6H2,1H3,(H,11,13). The molecule has 0 bridgehead atoms. The first-order chi connectivity index (χ1) is 7.88. The monoisotopic (exact) mass is 240 g/mol. The van der Waals surface area contributed by atoms with Gasteiger partial charge in [-0.2, -0.15) is 5.10 Å². The molecule has 0 unspecified atom stereocenters. The summed E-state index contributed by atoms with van der Waals surface area (Å²) in [5.74, 6) is 1.14. The molecule has 0 saturated carbocycles. The number of rotatable bonds is 4. The Bertz CT molecular complexity index is 363. The van der Waals surface area contributed by atoms with Crippen molar-refractivity contribution in [1.82, 2.24) is 9.78 Å². The van der Waals surface area contributed by atoms with E-state index in [0.29, 0.717) is 6.61 Å². The van der Waals surface area contributed by atoms with Gasteiger partial charge in [0, 0.05) is 25.6 Å². The molecule has 1 aromatic heterocycles. The summed E-state index contributed by atoms with van der Waals surface area (Å²) < 4.78 is 6.86. The molecule has 2 rings (SSSR count). The first-order valence-electron chi connectivity index (χ1n) is 5.34. The van der Waals surface area contributed by atoms with Crippen LogP contribution in [0.1, 0.15) is 6.42 Å². The Morgan fingerprint density at radius 2 is 2.56 bits per heavy atom. The topological polar surface area (TPSA) is 51.4 Å². The molecule has 0 atom stereocenters. The van der Waals surface area contributed by atoms with Gasteiger partial charge >= 0.3 is 0 Å². The molecule has 6 heteroatoms. The Kier molecular flexibility index (Phi) is 4.24. The van der Waals surface area contributed by atoms with Gasteiger partial charge in [0.2, 0.25) is 0 Å². The van der Waals surface area contributed by atoms with E-state index in [0.717, 1.165) is 29.7 Å².